The molecule has 0 aromatic rings. The number of carbonyl (C=O) groups excluding carboxylic acids is 2. The predicted molar refractivity (Wildman–Crippen MR) is 53.7 cm³/mol. The van der Waals surface area contributed by atoms with Crippen molar-refractivity contribution in [2.24, 2.45) is 0 Å². The van der Waals surface area contributed by atoms with E-state index in [4.69, 9.17) is 0 Å². The van der Waals surface area contributed by atoms with Gasteiger partial charge in [0.1, 0.15) is 0 Å². The summed E-state index contributed by atoms with van der Waals surface area (Å²) >= 11 is 0. The first-order chi connectivity index (χ1) is 9.68. The zero-order chi connectivity index (χ0) is 16.8. The van der Waals surface area contributed by atoms with Crippen molar-refractivity contribution in [2.75, 3.05) is 26.9 Å². The van der Waals surface area contributed by atoms with E-state index in [9.17, 15) is 35.9 Å². The third-order valence-corrected chi connectivity index (χ3v) is 1.15. The Morgan fingerprint density at radius 2 is 1.00 bits per heavy atom. The quantitative estimate of drug-likeness (QED) is 0.551. The normalized spacial score (nSPS) is 10.0. The zero-order valence-electron chi connectivity index (χ0n) is 10.6. The lowest BCUT2D eigenvalue weighted by Gasteiger charge is -2.04. The Morgan fingerprint density at radius 1 is 0.714 bits per heavy atom. The highest BCUT2D eigenvalue weighted by atomic mass is 19.3. The van der Waals surface area contributed by atoms with Gasteiger partial charge in [-0.25, -0.2) is 35.9 Å². The average molecular weight is 330 g/mol. The van der Waals surface area contributed by atoms with E-state index < -0.39 is 51.4 Å². The van der Waals surface area contributed by atoms with Crippen molar-refractivity contribution in [1.29, 1.82) is 0 Å². The van der Waals surface area contributed by atoms with E-state index in [1.165, 1.54) is 0 Å². The molecule has 0 spiro atoms. The van der Waals surface area contributed by atoms with Crippen molar-refractivity contribution < 1.29 is 54.9 Å². The van der Waals surface area contributed by atoms with E-state index in [1.807, 2.05) is 0 Å². The fourth-order valence-electron chi connectivity index (χ4n) is 0.494. The van der Waals surface area contributed by atoms with E-state index >= 15 is 0 Å². The second kappa shape index (κ2) is 13.1. The lowest BCUT2D eigenvalue weighted by atomic mass is 10.7. The number of ether oxygens (including phenoxy) is 4. The van der Waals surface area contributed by atoms with Gasteiger partial charge in [-0.05, 0) is 0 Å². The van der Waals surface area contributed by atoms with Crippen LogP contribution in [0.4, 0.5) is 35.9 Å². The number of carbonyl (C=O) groups is 2. The third kappa shape index (κ3) is 20.6. The molecule has 0 heterocycles. The SMILES string of the molecule is COC(=O)OCC(F)F.O=C(OCC(F)F)OCC(F)F. The molecule has 0 amide bonds. The van der Waals surface area contributed by atoms with Gasteiger partial charge in [-0.15, -0.1) is 0 Å². The van der Waals surface area contributed by atoms with E-state index in [1.54, 1.807) is 0 Å². The van der Waals surface area contributed by atoms with E-state index in [0.717, 1.165) is 7.11 Å². The number of methoxy groups -OCH3 is 1. The maximum Gasteiger partial charge on any atom is 0.508 e. The summed E-state index contributed by atoms with van der Waals surface area (Å²) in [5, 5.41) is 0. The smallest absolute Gasteiger partial charge is 0.438 e. The van der Waals surface area contributed by atoms with Crippen molar-refractivity contribution in [3.8, 4) is 0 Å². The van der Waals surface area contributed by atoms with Gasteiger partial charge in [-0.3, -0.25) is 0 Å². The van der Waals surface area contributed by atoms with Crippen LogP contribution in [0.15, 0.2) is 0 Å². The molecule has 0 bridgehead atoms. The number of hydrogen-bond acceptors (Lipinski definition) is 6. The first kappa shape index (κ1) is 21.4. The Balaban J connectivity index is 0. The summed E-state index contributed by atoms with van der Waals surface area (Å²) in [4.78, 5) is 20.1. The van der Waals surface area contributed by atoms with Gasteiger partial charge >= 0.3 is 12.3 Å². The Labute approximate surface area is 114 Å². The maximum absolute atomic E-state index is 11.3. The van der Waals surface area contributed by atoms with Crippen molar-refractivity contribution >= 4 is 12.3 Å². The molecule has 0 radical (unpaired) electrons. The lowest BCUT2D eigenvalue weighted by molar-refractivity contribution is -0.0164. The minimum absolute atomic E-state index is 0.910. The summed E-state index contributed by atoms with van der Waals surface area (Å²) in [6.07, 6.45) is -10.9. The van der Waals surface area contributed by atoms with Crippen molar-refractivity contribution in [2.45, 2.75) is 19.3 Å². The zero-order valence-corrected chi connectivity index (χ0v) is 10.6. The molecule has 0 unspecified atom stereocenters. The first-order valence-corrected chi connectivity index (χ1v) is 5.03. The molecule has 0 saturated heterocycles. The molecule has 0 atom stereocenters. The van der Waals surface area contributed by atoms with Gasteiger partial charge in [0, 0.05) is 0 Å². The molecule has 0 aromatic heterocycles. The number of alkyl halides is 6. The summed E-state index contributed by atoms with van der Waals surface area (Å²) in [6, 6.07) is 0. The molecular formula is C9H12F6O6. The fourth-order valence-corrected chi connectivity index (χ4v) is 0.494. The van der Waals surface area contributed by atoms with Crippen LogP contribution < -0.4 is 0 Å². The van der Waals surface area contributed by atoms with E-state index in [-0.39, 0.29) is 0 Å². The average Bonchev–Trinajstić information content (AvgIpc) is 2.40. The highest BCUT2D eigenvalue weighted by Crippen LogP contribution is 1.97. The summed E-state index contributed by atoms with van der Waals surface area (Å²) in [6.45, 7) is -3.21. The highest BCUT2D eigenvalue weighted by Gasteiger charge is 2.12. The molecule has 0 aliphatic carbocycles. The first-order valence-electron chi connectivity index (χ1n) is 5.03. The summed E-state index contributed by atoms with van der Waals surface area (Å²) in [5.41, 5.74) is 0. The summed E-state index contributed by atoms with van der Waals surface area (Å²) in [7, 11) is 1.05. The van der Waals surface area contributed by atoms with Crippen LogP contribution in [0.2, 0.25) is 0 Å². The van der Waals surface area contributed by atoms with Crippen molar-refractivity contribution in [1.82, 2.24) is 0 Å². The Kier molecular flexibility index (Phi) is 13.4. The van der Waals surface area contributed by atoms with Crippen LogP contribution in [-0.4, -0.2) is 58.5 Å². The van der Waals surface area contributed by atoms with Gasteiger partial charge in [0.2, 0.25) is 0 Å². The van der Waals surface area contributed by atoms with Gasteiger partial charge < -0.3 is 18.9 Å². The van der Waals surface area contributed by atoms with Crippen LogP contribution in [0, 0.1) is 0 Å². The van der Waals surface area contributed by atoms with Crippen LogP contribution in [-0.2, 0) is 18.9 Å². The number of rotatable bonds is 6. The van der Waals surface area contributed by atoms with Gasteiger partial charge in [0.15, 0.2) is 19.8 Å². The Morgan fingerprint density at radius 3 is 1.24 bits per heavy atom. The third-order valence-electron chi connectivity index (χ3n) is 1.15. The summed E-state index contributed by atoms with van der Waals surface area (Å²) in [5.74, 6) is 0. The molecular weight excluding hydrogens is 318 g/mol. The van der Waals surface area contributed by atoms with Crippen LogP contribution in [0.5, 0.6) is 0 Å². The fraction of sp³-hybridized carbons (Fsp3) is 0.778. The lowest BCUT2D eigenvalue weighted by Crippen LogP contribution is -2.16. The van der Waals surface area contributed by atoms with Gasteiger partial charge in [0.05, 0.1) is 7.11 Å². The molecule has 6 nitrogen and oxygen atoms in total. The topological polar surface area (TPSA) is 71.1 Å². The van der Waals surface area contributed by atoms with Gasteiger partial charge in [-0.2, -0.15) is 0 Å². The van der Waals surface area contributed by atoms with Crippen LogP contribution in [0.3, 0.4) is 0 Å². The van der Waals surface area contributed by atoms with Crippen LogP contribution in [0.25, 0.3) is 0 Å². The monoisotopic (exact) mass is 330 g/mol. The van der Waals surface area contributed by atoms with Crippen molar-refractivity contribution in [3.63, 3.8) is 0 Å². The minimum atomic E-state index is -2.83. The largest absolute Gasteiger partial charge is 0.508 e. The van der Waals surface area contributed by atoms with Crippen LogP contribution >= 0.6 is 0 Å². The molecule has 12 heteroatoms. The molecule has 0 N–H and O–H groups in total. The molecule has 0 saturated carbocycles. The standard InChI is InChI=1S/C5H6F4O3.C4H6F2O3/c6-3(7)1-11-5(10)12-2-4(8)9;1-8-4(7)9-2-3(5)6/h3-4H,1-2H2;3H,2H2,1H3. The number of halogens is 6. The molecule has 0 aliphatic rings. The van der Waals surface area contributed by atoms with Gasteiger partial charge in [0.25, 0.3) is 19.3 Å². The minimum Gasteiger partial charge on any atom is -0.438 e. The number of hydrogen-bond donors (Lipinski definition) is 0. The van der Waals surface area contributed by atoms with Crippen molar-refractivity contribution in [3.05, 3.63) is 0 Å². The Hall–Kier alpha value is -1.88. The van der Waals surface area contributed by atoms with E-state index in [0.29, 0.717) is 0 Å². The maximum atomic E-state index is 11.3. The molecule has 0 rings (SSSR count). The van der Waals surface area contributed by atoms with Crippen LogP contribution in [0.1, 0.15) is 0 Å². The second-order valence-electron chi connectivity index (χ2n) is 2.81. The molecule has 0 aromatic carbocycles. The highest BCUT2D eigenvalue weighted by molar-refractivity contribution is 5.59. The van der Waals surface area contributed by atoms with Gasteiger partial charge in [-0.1, -0.05) is 0 Å². The molecule has 21 heavy (non-hydrogen) atoms. The summed E-state index contributed by atoms with van der Waals surface area (Å²) < 4.78 is 82.8. The second-order valence-corrected chi connectivity index (χ2v) is 2.81. The molecule has 0 aliphatic heterocycles. The molecule has 126 valence electrons. The van der Waals surface area contributed by atoms with E-state index in [2.05, 4.69) is 18.9 Å². The predicted octanol–water partition coefficient (Wildman–Crippen LogP) is 2.70. The Bertz CT molecular complexity index is 274. The molecule has 0 fully saturated rings.